The van der Waals surface area contributed by atoms with Gasteiger partial charge in [-0.3, -0.25) is 14.5 Å². The van der Waals surface area contributed by atoms with Gasteiger partial charge < -0.3 is 10.6 Å². The van der Waals surface area contributed by atoms with E-state index in [9.17, 15) is 18.8 Å². The van der Waals surface area contributed by atoms with Gasteiger partial charge in [0.1, 0.15) is 17.9 Å². The first kappa shape index (κ1) is 20.4. The topological polar surface area (TPSA) is 78.5 Å². The van der Waals surface area contributed by atoms with Crippen LogP contribution in [0.4, 0.5) is 14.9 Å². The van der Waals surface area contributed by atoms with Gasteiger partial charge in [0.15, 0.2) is 0 Å². The van der Waals surface area contributed by atoms with Crippen molar-refractivity contribution in [2.75, 3.05) is 11.9 Å². The molecule has 0 radical (unpaired) electrons. The first-order valence-corrected chi connectivity index (χ1v) is 9.10. The maximum absolute atomic E-state index is 13.8. The maximum Gasteiger partial charge on any atom is 0.325 e. The Balaban J connectivity index is 1.80. The van der Waals surface area contributed by atoms with Gasteiger partial charge in [-0.1, -0.05) is 40.9 Å². The number of halogens is 4. The number of carbonyl (C=O) groups excluding carboxylic acids is 3. The SMILES string of the molecule is CC1(c2ccc(Cl)cc2Cl)NC(=O)N(CC(=O)Nc2cc(Cl)ccc2F)C1=O. The maximum atomic E-state index is 13.8. The average Bonchev–Trinajstić information content (AvgIpc) is 2.82. The molecule has 2 aromatic rings. The molecule has 1 unspecified atom stereocenters. The van der Waals surface area contributed by atoms with Crippen LogP contribution in [-0.2, 0) is 15.1 Å². The van der Waals surface area contributed by atoms with E-state index < -0.39 is 35.7 Å². The van der Waals surface area contributed by atoms with Gasteiger partial charge in [0.25, 0.3) is 5.91 Å². The molecule has 146 valence electrons. The number of amides is 4. The third-order valence-corrected chi connectivity index (χ3v) is 5.03. The van der Waals surface area contributed by atoms with Crippen molar-refractivity contribution in [3.8, 4) is 0 Å². The zero-order valence-corrected chi connectivity index (χ0v) is 16.6. The van der Waals surface area contributed by atoms with Crippen molar-refractivity contribution < 1.29 is 18.8 Å². The molecule has 0 spiro atoms. The highest BCUT2D eigenvalue weighted by atomic mass is 35.5. The summed E-state index contributed by atoms with van der Waals surface area (Å²) in [6.07, 6.45) is 0. The van der Waals surface area contributed by atoms with Crippen LogP contribution in [0.1, 0.15) is 12.5 Å². The third kappa shape index (κ3) is 3.78. The van der Waals surface area contributed by atoms with E-state index in [0.717, 1.165) is 11.0 Å². The summed E-state index contributed by atoms with van der Waals surface area (Å²) in [5.41, 5.74) is -1.30. The van der Waals surface area contributed by atoms with Crippen LogP contribution in [0.25, 0.3) is 0 Å². The van der Waals surface area contributed by atoms with Crippen LogP contribution in [-0.4, -0.2) is 29.3 Å². The predicted molar refractivity (Wildman–Crippen MR) is 104 cm³/mol. The highest BCUT2D eigenvalue weighted by Crippen LogP contribution is 2.35. The quantitative estimate of drug-likeness (QED) is 0.694. The van der Waals surface area contributed by atoms with Gasteiger partial charge in [-0.15, -0.1) is 0 Å². The lowest BCUT2D eigenvalue weighted by atomic mass is 9.92. The van der Waals surface area contributed by atoms with Crippen molar-refractivity contribution in [1.29, 1.82) is 0 Å². The van der Waals surface area contributed by atoms with E-state index in [1.807, 2.05) is 0 Å². The van der Waals surface area contributed by atoms with Gasteiger partial charge in [0.2, 0.25) is 5.91 Å². The summed E-state index contributed by atoms with van der Waals surface area (Å²) in [5, 5.41) is 5.60. The third-order valence-electron chi connectivity index (χ3n) is 4.25. The molecule has 0 saturated carbocycles. The standard InChI is InChI=1S/C18H13Cl3FN3O3/c1-18(11-4-2-9(19)6-12(11)21)16(27)25(17(28)24-18)8-15(26)23-14-7-10(20)3-5-13(14)22/h2-7H,8H2,1H3,(H,23,26)(H,24,28). The van der Waals surface area contributed by atoms with Crippen LogP contribution in [0.5, 0.6) is 0 Å². The lowest BCUT2D eigenvalue weighted by molar-refractivity contribution is -0.133. The van der Waals surface area contributed by atoms with Crippen LogP contribution < -0.4 is 10.6 Å². The van der Waals surface area contributed by atoms with Crippen LogP contribution in [0.2, 0.25) is 15.1 Å². The molecular weight excluding hydrogens is 432 g/mol. The van der Waals surface area contributed by atoms with Gasteiger partial charge in [0, 0.05) is 20.6 Å². The molecule has 1 aliphatic rings. The number of nitrogens with zero attached hydrogens (tertiary/aromatic N) is 1. The van der Waals surface area contributed by atoms with Crippen molar-refractivity contribution in [2.24, 2.45) is 0 Å². The largest absolute Gasteiger partial charge is 0.325 e. The molecule has 1 aliphatic heterocycles. The summed E-state index contributed by atoms with van der Waals surface area (Å²) in [5.74, 6) is -2.15. The highest BCUT2D eigenvalue weighted by Gasteiger charge is 2.50. The molecule has 3 rings (SSSR count). The molecule has 1 heterocycles. The van der Waals surface area contributed by atoms with Gasteiger partial charge in [-0.25, -0.2) is 9.18 Å². The molecular formula is C18H13Cl3FN3O3. The number of hydrogen-bond donors (Lipinski definition) is 2. The molecule has 0 bridgehead atoms. The first-order valence-electron chi connectivity index (χ1n) is 7.96. The second-order valence-electron chi connectivity index (χ2n) is 6.24. The van der Waals surface area contributed by atoms with Crippen molar-refractivity contribution in [2.45, 2.75) is 12.5 Å². The number of anilines is 1. The van der Waals surface area contributed by atoms with Gasteiger partial charge >= 0.3 is 6.03 Å². The second-order valence-corrected chi connectivity index (χ2v) is 7.52. The zero-order chi connectivity index (χ0) is 20.6. The Bertz CT molecular complexity index is 1000. The molecule has 4 amide bonds. The highest BCUT2D eigenvalue weighted by molar-refractivity contribution is 6.35. The predicted octanol–water partition coefficient (Wildman–Crippen LogP) is 4.19. The van der Waals surface area contributed by atoms with Crippen LogP contribution in [0.15, 0.2) is 36.4 Å². The monoisotopic (exact) mass is 443 g/mol. The minimum absolute atomic E-state index is 0.159. The van der Waals surface area contributed by atoms with E-state index in [4.69, 9.17) is 34.8 Å². The van der Waals surface area contributed by atoms with Crippen LogP contribution >= 0.6 is 34.8 Å². The molecule has 2 N–H and O–H groups in total. The lowest BCUT2D eigenvalue weighted by Gasteiger charge is -2.23. The van der Waals surface area contributed by atoms with E-state index in [1.54, 1.807) is 0 Å². The summed E-state index contributed by atoms with van der Waals surface area (Å²) >= 11 is 17.8. The summed E-state index contributed by atoms with van der Waals surface area (Å²) in [7, 11) is 0. The molecule has 1 saturated heterocycles. The van der Waals surface area contributed by atoms with Gasteiger partial charge in [-0.05, 0) is 37.3 Å². The minimum atomic E-state index is -1.47. The average molecular weight is 445 g/mol. The summed E-state index contributed by atoms with van der Waals surface area (Å²) in [6, 6.07) is 7.36. The summed E-state index contributed by atoms with van der Waals surface area (Å²) < 4.78 is 13.8. The number of nitrogens with one attached hydrogen (secondary N) is 2. The molecule has 0 aliphatic carbocycles. The zero-order valence-electron chi connectivity index (χ0n) is 14.4. The van der Waals surface area contributed by atoms with Crippen LogP contribution in [0, 0.1) is 5.82 Å². The Hall–Kier alpha value is -2.35. The van der Waals surface area contributed by atoms with Gasteiger partial charge in [0.05, 0.1) is 5.69 Å². The Kier molecular flexibility index (Phi) is 5.52. The second kappa shape index (κ2) is 7.58. The van der Waals surface area contributed by atoms with Gasteiger partial charge in [-0.2, -0.15) is 0 Å². The normalized spacial score (nSPS) is 19.0. The van der Waals surface area contributed by atoms with E-state index >= 15 is 0 Å². The van der Waals surface area contributed by atoms with E-state index in [1.165, 1.54) is 37.3 Å². The fourth-order valence-corrected chi connectivity index (χ4v) is 3.61. The Morgan fingerprint density at radius 1 is 1.14 bits per heavy atom. The molecule has 1 atom stereocenters. The summed E-state index contributed by atoms with van der Waals surface area (Å²) in [6.45, 7) is 0.855. The Morgan fingerprint density at radius 2 is 1.79 bits per heavy atom. The number of hydrogen-bond acceptors (Lipinski definition) is 3. The molecule has 6 nitrogen and oxygen atoms in total. The van der Waals surface area contributed by atoms with Crippen molar-refractivity contribution in [3.05, 3.63) is 62.8 Å². The fraction of sp³-hybridized carbons (Fsp3) is 0.167. The Labute approximate surface area is 174 Å². The van der Waals surface area contributed by atoms with Crippen LogP contribution in [0.3, 0.4) is 0 Å². The number of imide groups is 1. The summed E-state index contributed by atoms with van der Waals surface area (Å²) in [4.78, 5) is 38.1. The first-order chi connectivity index (χ1) is 13.1. The number of urea groups is 1. The number of carbonyl (C=O) groups is 3. The van der Waals surface area contributed by atoms with E-state index in [2.05, 4.69) is 10.6 Å². The number of rotatable bonds is 4. The number of benzene rings is 2. The van der Waals surface area contributed by atoms with E-state index in [0.29, 0.717) is 10.6 Å². The molecule has 1 fully saturated rings. The fourth-order valence-electron chi connectivity index (χ4n) is 2.84. The molecule has 2 aromatic carbocycles. The van der Waals surface area contributed by atoms with Crippen molar-refractivity contribution in [1.82, 2.24) is 10.2 Å². The van der Waals surface area contributed by atoms with Crippen molar-refractivity contribution in [3.63, 3.8) is 0 Å². The Morgan fingerprint density at radius 3 is 2.46 bits per heavy atom. The molecule has 10 heteroatoms. The molecule has 28 heavy (non-hydrogen) atoms. The minimum Gasteiger partial charge on any atom is -0.322 e. The van der Waals surface area contributed by atoms with Crippen molar-refractivity contribution >= 4 is 58.3 Å². The van der Waals surface area contributed by atoms with E-state index in [-0.39, 0.29) is 15.7 Å². The smallest absolute Gasteiger partial charge is 0.322 e. The molecule has 0 aromatic heterocycles. The lowest BCUT2D eigenvalue weighted by Crippen LogP contribution is -2.42.